The van der Waals surface area contributed by atoms with E-state index in [1.54, 1.807) is 49.8 Å². The van der Waals surface area contributed by atoms with Crippen LogP contribution in [-0.2, 0) is 12.8 Å². The number of rotatable bonds is 8. The Morgan fingerprint density at radius 3 is 2.58 bits per heavy atom. The fourth-order valence-electron chi connectivity index (χ4n) is 3.32. The van der Waals surface area contributed by atoms with Crippen LogP contribution >= 0.6 is 11.5 Å². The van der Waals surface area contributed by atoms with Crippen molar-refractivity contribution < 1.29 is 14.3 Å². The van der Waals surface area contributed by atoms with Crippen molar-refractivity contribution >= 4 is 17.3 Å². The van der Waals surface area contributed by atoms with Crippen LogP contribution in [-0.4, -0.2) is 27.2 Å². The number of pyridine rings is 2. The van der Waals surface area contributed by atoms with Gasteiger partial charge in [0.05, 0.1) is 30.0 Å². The van der Waals surface area contributed by atoms with Crippen molar-refractivity contribution in [2.45, 2.75) is 19.8 Å². The Bertz CT molecular complexity index is 1310. The van der Waals surface area contributed by atoms with Crippen LogP contribution in [0.15, 0.2) is 60.9 Å². The van der Waals surface area contributed by atoms with Crippen molar-refractivity contribution in [2.24, 2.45) is 0 Å². The van der Waals surface area contributed by atoms with Gasteiger partial charge in [0.15, 0.2) is 5.78 Å². The second-order valence-corrected chi connectivity index (χ2v) is 8.13. The van der Waals surface area contributed by atoms with Crippen molar-refractivity contribution in [3.8, 4) is 23.4 Å². The first-order valence-electron chi connectivity index (χ1n) is 10.2. The molecule has 8 heteroatoms. The number of ketones is 1. The largest absolute Gasteiger partial charge is 0.497 e. The number of ether oxygens (including phenoxy) is 2. The third kappa shape index (κ3) is 5.40. The molecule has 7 nitrogen and oxygen atoms in total. The molecule has 0 amide bonds. The lowest BCUT2D eigenvalue weighted by Gasteiger charge is -2.07. The molecule has 33 heavy (non-hydrogen) atoms. The molecule has 0 atom stereocenters. The van der Waals surface area contributed by atoms with Crippen molar-refractivity contribution in [1.82, 2.24) is 14.3 Å². The first kappa shape index (κ1) is 22.1. The van der Waals surface area contributed by atoms with Gasteiger partial charge in [-0.25, -0.2) is 4.98 Å². The maximum absolute atomic E-state index is 13.1. The number of hydrogen-bond acceptors (Lipinski definition) is 8. The van der Waals surface area contributed by atoms with Crippen LogP contribution in [0.4, 0.5) is 0 Å². The molecule has 4 rings (SSSR count). The fraction of sp³-hybridized carbons (Fsp3) is 0.160. The summed E-state index contributed by atoms with van der Waals surface area (Å²) < 4.78 is 15.3. The van der Waals surface area contributed by atoms with Crippen LogP contribution in [0, 0.1) is 18.3 Å². The highest BCUT2D eigenvalue weighted by molar-refractivity contribution is 7.06. The van der Waals surface area contributed by atoms with Gasteiger partial charge in [-0.2, -0.15) is 9.64 Å². The highest BCUT2D eigenvalue weighted by Gasteiger charge is 2.19. The first-order chi connectivity index (χ1) is 16.1. The molecule has 0 aliphatic heterocycles. The monoisotopic (exact) mass is 456 g/mol. The lowest BCUT2D eigenvalue weighted by atomic mass is 10.0. The van der Waals surface area contributed by atoms with Gasteiger partial charge in [0.1, 0.15) is 11.5 Å². The third-order valence-corrected chi connectivity index (χ3v) is 5.88. The van der Waals surface area contributed by atoms with Gasteiger partial charge in [0.2, 0.25) is 5.88 Å². The summed E-state index contributed by atoms with van der Waals surface area (Å²) in [6.07, 6.45) is 3.90. The molecule has 0 radical (unpaired) electrons. The van der Waals surface area contributed by atoms with Gasteiger partial charge >= 0.3 is 0 Å². The predicted octanol–water partition coefficient (Wildman–Crippen LogP) is 4.93. The van der Waals surface area contributed by atoms with Crippen molar-refractivity contribution in [3.63, 3.8) is 0 Å². The van der Waals surface area contributed by atoms with E-state index in [0.29, 0.717) is 34.9 Å². The number of carbonyl (C=O) groups excluding carboxylic acids is 1. The van der Waals surface area contributed by atoms with Crippen molar-refractivity contribution in [2.75, 3.05) is 7.11 Å². The zero-order chi connectivity index (χ0) is 23.2. The van der Waals surface area contributed by atoms with Gasteiger partial charge < -0.3 is 9.47 Å². The van der Waals surface area contributed by atoms with Crippen molar-refractivity contribution in [1.29, 1.82) is 5.26 Å². The maximum atomic E-state index is 13.1. The second kappa shape index (κ2) is 10.0. The Kier molecular flexibility index (Phi) is 6.72. The van der Waals surface area contributed by atoms with Crippen LogP contribution < -0.4 is 9.47 Å². The van der Waals surface area contributed by atoms with E-state index < -0.39 is 0 Å². The number of benzene rings is 1. The maximum Gasteiger partial charge on any atom is 0.219 e. The average Bonchev–Trinajstić information content (AvgIpc) is 3.20. The molecule has 0 saturated carbocycles. The van der Waals surface area contributed by atoms with Gasteiger partial charge in [-0.15, -0.1) is 0 Å². The van der Waals surface area contributed by atoms with E-state index in [0.717, 1.165) is 21.9 Å². The highest BCUT2D eigenvalue weighted by atomic mass is 32.1. The number of nitriles is 1. The van der Waals surface area contributed by atoms with E-state index in [-0.39, 0.29) is 12.2 Å². The average molecular weight is 457 g/mol. The van der Waals surface area contributed by atoms with Crippen molar-refractivity contribution in [3.05, 3.63) is 93.9 Å². The van der Waals surface area contributed by atoms with E-state index in [4.69, 9.17) is 14.7 Å². The zero-order valence-corrected chi connectivity index (χ0v) is 18.9. The van der Waals surface area contributed by atoms with E-state index in [2.05, 4.69) is 20.4 Å². The fourth-order valence-corrected chi connectivity index (χ4v) is 4.22. The summed E-state index contributed by atoms with van der Waals surface area (Å²) in [5.41, 5.74) is 3.36. The molecular weight excluding hydrogens is 436 g/mol. The second-order valence-electron chi connectivity index (χ2n) is 7.27. The molecule has 0 unspecified atom stereocenters. The molecular formula is C25H20N4O3S. The molecule has 0 aliphatic rings. The molecule has 0 aliphatic carbocycles. The first-order valence-corrected chi connectivity index (χ1v) is 10.9. The van der Waals surface area contributed by atoms with E-state index in [9.17, 15) is 4.79 Å². The van der Waals surface area contributed by atoms with Crippen LogP contribution in [0.1, 0.15) is 37.7 Å². The minimum absolute atomic E-state index is 0.0293. The van der Waals surface area contributed by atoms with Crippen LogP contribution in [0.5, 0.6) is 17.4 Å². The number of methoxy groups -OCH3 is 1. The summed E-state index contributed by atoms with van der Waals surface area (Å²) in [6.45, 7) is 1.83. The number of aromatic nitrogens is 3. The molecule has 164 valence electrons. The summed E-state index contributed by atoms with van der Waals surface area (Å²) in [5, 5.41) is 9.10. The molecule has 3 aromatic heterocycles. The van der Waals surface area contributed by atoms with Crippen LogP contribution in [0.3, 0.4) is 0 Å². The Labute approximate surface area is 195 Å². The molecule has 1 aromatic carbocycles. The minimum Gasteiger partial charge on any atom is -0.497 e. The molecule has 4 aromatic rings. The van der Waals surface area contributed by atoms with E-state index >= 15 is 0 Å². The topological polar surface area (TPSA) is 98.0 Å². The summed E-state index contributed by atoms with van der Waals surface area (Å²) in [7, 11) is 1.61. The summed E-state index contributed by atoms with van der Waals surface area (Å²) in [4.78, 5) is 22.6. The molecule has 0 bridgehead atoms. The predicted molar refractivity (Wildman–Crippen MR) is 124 cm³/mol. The molecule has 0 spiro atoms. The lowest BCUT2D eigenvalue weighted by Crippen LogP contribution is -2.08. The standard InChI is InChI=1S/C25H20N4O3S/c1-16-25(23(33-29-16)13-19-11-17(14-26)9-10-27-19)22(30)12-18-3-8-24(28-15-18)32-21-6-4-20(31-2)5-7-21/h3-11,15H,12-13H2,1-2H3. The SMILES string of the molecule is COc1ccc(Oc2ccc(CC(=O)c3c(C)nsc3Cc3cc(C#N)ccn3)cn2)cc1. The Morgan fingerprint density at radius 2 is 1.88 bits per heavy atom. The Balaban J connectivity index is 1.45. The molecule has 0 fully saturated rings. The summed E-state index contributed by atoms with van der Waals surface area (Å²) >= 11 is 1.29. The number of Topliss-reactive ketones (excluding diaryl/α,β-unsaturated/α-hetero) is 1. The summed E-state index contributed by atoms with van der Waals surface area (Å²) in [5.74, 6) is 1.80. The van der Waals surface area contributed by atoms with Gasteiger partial charge in [-0.1, -0.05) is 6.07 Å². The minimum atomic E-state index is -0.0293. The van der Waals surface area contributed by atoms with Gasteiger partial charge in [-0.05, 0) is 60.4 Å². The van der Waals surface area contributed by atoms with Crippen LogP contribution in [0.2, 0.25) is 0 Å². The number of nitrogens with zero attached hydrogens (tertiary/aromatic N) is 4. The molecule has 0 saturated heterocycles. The Morgan fingerprint density at radius 1 is 1.09 bits per heavy atom. The van der Waals surface area contributed by atoms with E-state index in [1.807, 2.05) is 25.1 Å². The number of carbonyl (C=O) groups is 1. The molecule has 0 N–H and O–H groups in total. The quantitative estimate of drug-likeness (QED) is 0.347. The summed E-state index contributed by atoms with van der Waals surface area (Å²) in [6, 6.07) is 16.3. The Hall–Kier alpha value is -4.09. The molecule has 3 heterocycles. The zero-order valence-electron chi connectivity index (χ0n) is 18.1. The van der Waals surface area contributed by atoms with Crippen LogP contribution in [0.25, 0.3) is 0 Å². The highest BCUT2D eigenvalue weighted by Crippen LogP contribution is 2.25. The third-order valence-electron chi connectivity index (χ3n) is 4.94. The van der Waals surface area contributed by atoms with Gasteiger partial charge in [0.25, 0.3) is 0 Å². The van der Waals surface area contributed by atoms with E-state index in [1.165, 1.54) is 11.5 Å². The lowest BCUT2D eigenvalue weighted by molar-refractivity contribution is 0.0991. The smallest absolute Gasteiger partial charge is 0.219 e. The normalized spacial score (nSPS) is 10.5. The number of hydrogen-bond donors (Lipinski definition) is 0. The van der Waals surface area contributed by atoms with Gasteiger partial charge in [0, 0.05) is 41.9 Å². The number of aryl methyl sites for hydroxylation is 1. The van der Waals surface area contributed by atoms with Gasteiger partial charge in [-0.3, -0.25) is 9.78 Å².